The highest BCUT2D eigenvalue weighted by molar-refractivity contribution is 7.99. The Hall–Kier alpha value is -1.66. The van der Waals surface area contributed by atoms with Gasteiger partial charge in [-0.25, -0.2) is 4.98 Å². The topological polar surface area (TPSA) is 55.1 Å². The van der Waals surface area contributed by atoms with Crippen LogP contribution >= 0.6 is 23.5 Å². The van der Waals surface area contributed by atoms with E-state index in [0.717, 1.165) is 28.0 Å². The Morgan fingerprint density at radius 2 is 2.32 bits per heavy atom. The van der Waals surface area contributed by atoms with Gasteiger partial charge in [0.05, 0.1) is 17.6 Å². The lowest BCUT2D eigenvalue weighted by molar-refractivity contribution is 0.0952. The molecule has 0 radical (unpaired) electrons. The normalized spacial score (nSPS) is 10.4. The number of rotatable bonds is 9. The SMILES string of the molecule is C=CCSc1ncccc1C(=O)NCCSCc1ccco1. The highest BCUT2D eigenvalue weighted by Crippen LogP contribution is 2.19. The predicted octanol–water partition coefficient (Wildman–Crippen LogP) is 3.62. The van der Waals surface area contributed by atoms with E-state index in [2.05, 4.69) is 16.9 Å². The summed E-state index contributed by atoms with van der Waals surface area (Å²) in [4.78, 5) is 16.5. The molecule has 1 N–H and O–H groups in total. The molecule has 0 fully saturated rings. The van der Waals surface area contributed by atoms with Gasteiger partial charge in [0.1, 0.15) is 10.8 Å². The smallest absolute Gasteiger partial charge is 0.254 e. The van der Waals surface area contributed by atoms with Crippen molar-refractivity contribution in [3.05, 3.63) is 60.7 Å². The monoisotopic (exact) mass is 334 g/mol. The van der Waals surface area contributed by atoms with Crippen molar-refractivity contribution in [2.45, 2.75) is 10.8 Å². The number of nitrogens with one attached hydrogen (secondary N) is 1. The van der Waals surface area contributed by atoms with Crippen molar-refractivity contribution >= 4 is 29.4 Å². The van der Waals surface area contributed by atoms with Crippen LogP contribution in [-0.2, 0) is 5.75 Å². The molecule has 0 aromatic carbocycles. The average molecular weight is 334 g/mol. The van der Waals surface area contributed by atoms with Crippen molar-refractivity contribution in [1.82, 2.24) is 10.3 Å². The standard InChI is InChI=1S/C16H18N2O2S2/c1-2-10-22-16-14(6-3-7-18-16)15(19)17-8-11-21-12-13-5-4-9-20-13/h2-7,9H,1,8,10-12H2,(H,17,19). The fraction of sp³-hybridized carbons (Fsp3) is 0.250. The largest absolute Gasteiger partial charge is 0.468 e. The maximum absolute atomic E-state index is 12.2. The molecule has 0 saturated carbocycles. The third-order valence-electron chi connectivity index (χ3n) is 2.71. The summed E-state index contributed by atoms with van der Waals surface area (Å²) in [6, 6.07) is 7.40. The molecule has 0 aliphatic carbocycles. The molecule has 0 saturated heterocycles. The zero-order valence-corrected chi connectivity index (χ0v) is 13.8. The zero-order valence-electron chi connectivity index (χ0n) is 12.2. The van der Waals surface area contributed by atoms with E-state index < -0.39 is 0 Å². The van der Waals surface area contributed by atoms with Crippen molar-refractivity contribution in [3.8, 4) is 0 Å². The number of furan rings is 1. The van der Waals surface area contributed by atoms with Gasteiger partial charge in [0.15, 0.2) is 0 Å². The average Bonchev–Trinajstić information content (AvgIpc) is 3.06. The van der Waals surface area contributed by atoms with Gasteiger partial charge in [-0.05, 0) is 24.3 Å². The number of hydrogen-bond acceptors (Lipinski definition) is 5. The number of pyridine rings is 1. The molecule has 0 spiro atoms. The van der Waals surface area contributed by atoms with E-state index in [9.17, 15) is 4.79 Å². The molecular formula is C16H18N2O2S2. The van der Waals surface area contributed by atoms with Crippen LogP contribution in [0.25, 0.3) is 0 Å². The molecule has 22 heavy (non-hydrogen) atoms. The summed E-state index contributed by atoms with van der Waals surface area (Å²) in [6.07, 6.45) is 5.16. The van der Waals surface area contributed by atoms with Gasteiger partial charge in [0.25, 0.3) is 5.91 Å². The number of nitrogens with zero attached hydrogens (tertiary/aromatic N) is 1. The maximum Gasteiger partial charge on any atom is 0.254 e. The Morgan fingerprint density at radius 1 is 1.41 bits per heavy atom. The summed E-state index contributed by atoms with van der Waals surface area (Å²) in [5, 5.41) is 3.67. The van der Waals surface area contributed by atoms with Crippen molar-refractivity contribution in [2.75, 3.05) is 18.1 Å². The molecule has 1 amide bonds. The molecule has 6 heteroatoms. The molecule has 0 bridgehead atoms. The summed E-state index contributed by atoms with van der Waals surface area (Å²) in [7, 11) is 0. The van der Waals surface area contributed by atoms with Crippen molar-refractivity contribution in [3.63, 3.8) is 0 Å². The van der Waals surface area contributed by atoms with Gasteiger partial charge < -0.3 is 9.73 Å². The van der Waals surface area contributed by atoms with Gasteiger partial charge in [-0.2, -0.15) is 11.8 Å². The highest BCUT2D eigenvalue weighted by Gasteiger charge is 2.11. The minimum Gasteiger partial charge on any atom is -0.468 e. The van der Waals surface area contributed by atoms with Crippen LogP contribution in [0.3, 0.4) is 0 Å². The zero-order chi connectivity index (χ0) is 15.6. The maximum atomic E-state index is 12.2. The first-order valence-corrected chi connectivity index (χ1v) is 9.02. The van der Waals surface area contributed by atoms with E-state index in [-0.39, 0.29) is 5.91 Å². The Kier molecular flexibility index (Phi) is 7.12. The summed E-state index contributed by atoms with van der Waals surface area (Å²) in [6.45, 7) is 4.30. The van der Waals surface area contributed by atoms with Crippen molar-refractivity contribution in [1.29, 1.82) is 0 Å². The number of hydrogen-bond donors (Lipinski definition) is 1. The summed E-state index contributed by atoms with van der Waals surface area (Å²) in [5.41, 5.74) is 0.616. The minimum atomic E-state index is -0.0849. The van der Waals surface area contributed by atoms with Crippen LogP contribution in [0.2, 0.25) is 0 Å². The molecular weight excluding hydrogens is 316 g/mol. The molecule has 2 heterocycles. The van der Waals surface area contributed by atoms with Crippen LogP contribution in [0.15, 0.2) is 58.8 Å². The van der Waals surface area contributed by atoms with Crippen molar-refractivity contribution in [2.24, 2.45) is 0 Å². The summed E-state index contributed by atoms with van der Waals surface area (Å²) < 4.78 is 5.26. The van der Waals surface area contributed by atoms with Gasteiger partial charge in [-0.15, -0.1) is 18.3 Å². The number of carbonyl (C=O) groups excluding carboxylic acids is 1. The molecule has 2 aromatic heterocycles. The lowest BCUT2D eigenvalue weighted by Gasteiger charge is -2.08. The van der Waals surface area contributed by atoms with Crippen LogP contribution in [0, 0.1) is 0 Å². The second-order valence-corrected chi connectivity index (χ2v) is 6.46. The molecule has 0 unspecified atom stereocenters. The molecule has 0 aliphatic heterocycles. The fourth-order valence-corrected chi connectivity index (χ4v) is 3.20. The van der Waals surface area contributed by atoms with E-state index in [0.29, 0.717) is 12.1 Å². The molecule has 0 atom stereocenters. The van der Waals surface area contributed by atoms with E-state index in [1.807, 2.05) is 12.1 Å². The van der Waals surface area contributed by atoms with Gasteiger partial charge in [0.2, 0.25) is 0 Å². The quantitative estimate of drug-likeness (QED) is 0.431. The second kappa shape index (κ2) is 9.38. The van der Waals surface area contributed by atoms with Gasteiger partial charge in [-0.1, -0.05) is 6.08 Å². The molecule has 2 rings (SSSR count). The Morgan fingerprint density at radius 3 is 3.09 bits per heavy atom. The Bertz CT molecular complexity index is 600. The summed E-state index contributed by atoms with van der Waals surface area (Å²) >= 11 is 3.23. The molecule has 2 aromatic rings. The number of carbonyl (C=O) groups is 1. The first-order valence-electron chi connectivity index (χ1n) is 6.88. The highest BCUT2D eigenvalue weighted by atomic mass is 32.2. The van der Waals surface area contributed by atoms with Crippen molar-refractivity contribution < 1.29 is 9.21 Å². The minimum absolute atomic E-state index is 0.0849. The Labute approximate surface area is 138 Å². The second-order valence-electron chi connectivity index (χ2n) is 4.34. The third-order valence-corrected chi connectivity index (χ3v) is 4.69. The van der Waals surface area contributed by atoms with Crippen LogP contribution in [0.4, 0.5) is 0 Å². The lowest BCUT2D eigenvalue weighted by atomic mass is 10.3. The molecule has 4 nitrogen and oxygen atoms in total. The van der Waals surface area contributed by atoms with Crippen LogP contribution in [0.1, 0.15) is 16.1 Å². The predicted molar refractivity (Wildman–Crippen MR) is 92.4 cm³/mol. The van der Waals surface area contributed by atoms with Crippen LogP contribution < -0.4 is 5.32 Å². The number of amides is 1. The van der Waals surface area contributed by atoms with E-state index >= 15 is 0 Å². The first kappa shape index (κ1) is 16.7. The molecule has 116 valence electrons. The number of thioether (sulfide) groups is 2. The van der Waals surface area contributed by atoms with Gasteiger partial charge >= 0.3 is 0 Å². The number of aromatic nitrogens is 1. The van der Waals surface area contributed by atoms with E-state index in [1.54, 1.807) is 42.4 Å². The fourth-order valence-electron chi connectivity index (χ4n) is 1.72. The summed E-state index contributed by atoms with van der Waals surface area (Å²) in [5.74, 6) is 3.25. The van der Waals surface area contributed by atoms with Gasteiger partial charge in [-0.3, -0.25) is 4.79 Å². The first-order chi connectivity index (χ1) is 10.8. The van der Waals surface area contributed by atoms with Crippen LogP contribution in [-0.4, -0.2) is 28.9 Å². The van der Waals surface area contributed by atoms with Gasteiger partial charge in [0, 0.05) is 24.2 Å². The van der Waals surface area contributed by atoms with E-state index in [4.69, 9.17) is 4.42 Å². The van der Waals surface area contributed by atoms with Crippen LogP contribution in [0.5, 0.6) is 0 Å². The molecule has 0 aliphatic rings. The third kappa shape index (κ3) is 5.27. The lowest BCUT2D eigenvalue weighted by Crippen LogP contribution is -2.26. The Balaban J connectivity index is 1.75. The van der Waals surface area contributed by atoms with E-state index in [1.165, 1.54) is 11.8 Å².